The van der Waals surface area contributed by atoms with Gasteiger partial charge >= 0.3 is 0 Å². The molecule has 1 aromatic rings. The SMILES string of the molecule is Clc1cc(Cl)cc(OCCCC[C@@H]2CCNC2)c1. The van der Waals surface area contributed by atoms with E-state index in [2.05, 4.69) is 5.32 Å². The van der Waals surface area contributed by atoms with Crippen molar-refractivity contribution in [2.75, 3.05) is 19.7 Å². The van der Waals surface area contributed by atoms with Gasteiger partial charge in [0.05, 0.1) is 6.61 Å². The minimum absolute atomic E-state index is 0.620. The number of unbranched alkanes of at least 4 members (excludes halogenated alkanes) is 1. The summed E-state index contributed by atoms with van der Waals surface area (Å²) in [5, 5.41) is 4.63. The third-order valence-corrected chi connectivity index (χ3v) is 3.71. The van der Waals surface area contributed by atoms with Gasteiger partial charge in [0.15, 0.2) is 0 Å². The van der Waals surface area contributed by atoms with Crippen molar-refractivity contribution in [1.82, 2.24) is 5.32 Å². The Kier molecular flexibility index (Phi) is 5.61. The summed E-state index contributed by atoms with van der Waals surface area (Å²) in [7, 11) is 0. The molecular formula is C14H19Cl2NO. The first-order valence-corrected chi connectivity index (χ1v) is 7.29. The van der Waals surface area contributed by atoms with Crippen LogP contribution in [0.5, 0.6) is 5.75 Å². The molecular weight excluding hydrogens is 269 g/mol. The molecule has 0 amide bonds. The normalized spacial score (nSPS) is 19.1. The maximum Gasteiger partial charge on any atom is 0.122 e. The van der Waals surface area contributed by atoms with Gasteiger partial charge in [0, 0.05) is 10.0 Å². The van der Waals surface area contributed by atoms with Crippen LogP contribution in [0, 0.1) is 5.92 Å². The molecule has 2 rings (SSSR count). The zero-order valence-corrected chi connectivity index (χ0v) is 11.9. The van der Waals surface area contributed by atoms with Crippen LogP contribution in [0.25, 0.3) is 0 Å². The molecule has 1 saturated heterocycles. The zero-order chi connectivity index (χ0) is 12.8. The molecule has 0 aliphatic carbocycles. The first-order valence-electron chi connectivity index (χ1n) is 6.53. The zero-order valence-electron chi connectivity index (χ0n) is 10.4. The molecule has 0 radical (unpaired) electrons. The Bertz CT molecular complexity index is 358. The molecule has 18 heavy (non-hydrogen) atoms. The quantitative estimate of drug-likeness (QED) is 0.794. The van der Waals surface area contributed by atoms with Gasteiger partial charge in [-0.15, -0.1) is 0 Å². The summed E-state index contributed by atoms with van der Waals surface area (Å²) in [4.78, 5) is 0. The van der Waals surface area contributed by atoms with Crippen molar-refractivity contribution < 1.29 is 4.74 Å². The summed E-state index contributed by atoms with van der Waals surface area (Å²) in [5.74, 6) is 1.63. The monoisotopic (exact) mass is 287 g/mol. The number of rotatable bonds is 6. The summed E-state index contributed by atoms with van der Waals surface area (Å²) < 4.78 is 5.65. The lowest BCUT2D eigenvalue weighted by molar-refractivity contribution is 0.300. The van der Waals surface area contributed by atoms with Gasteiger partial charge < -0.3 is 10.1 Å². The number of benzene rings is 1. The molecule has 1 aromatic carbocycles. The fourth-order valence-corrected chi connectivity index (χ4v) is 2.80. The third kappa shape index (κ3) is 4.68. The Morgan fingerprint density at radius 3 is 2.61 bits per heavy atom. The van der Waals surface area contributed by atoms with E-state index in [1.54, 1.807) is 18.2 Å². The second kappa shape index (κ2) is 7.22. The fourth-order valence-electron chi connectivity index (χ4n) is 2.30. The molecule has 1 aliphatic rings. The molecule has 0 saturated carbocycles. The van der Waals surface area contributed by atoms with Crippen molar-refractivity contribution in [2.24, 2.45) is 5.92 Å². The van der Waals surface area contributed by atoms with E-state index >= 15 is 0 Å². The lowest BCUT2D eigenvalue weighted by Gasteiger charge is -2.09. The number of hydrogen-bond acceptors (Lipinski definition) is 2. The first-order chi connectivity index (χ1) is 8.74. The van der Waals surface area contributed by atoms with Gasteiger partial charge in [-0.1, -0.05) is 23.2 Å². The summed E-state index contributed by atoms with van der Waals surface area (Å²) in [6, 6.07) is 5.31. The standard InChI is InChI=1S/C14H19Cl2NO/c15-12-7-13(16)9-14(8-12)18-6-2-1-3-11-4-5-17-10-11/h7-9,11,17H,1-6,10H2/t11-/m1/s1. The lowest BCUT2D eigenvalue weighted by Crippen LogP contribution is -2.09. The molecule has 1 N–H and O–H groups in total. The smallest absolute Gasteiger partial charge is 0.122 e. The van der Waals surface area contributed by atoms with Crippen molar-refractivity contribution in [3.05, 3.63) is 28.2 Å². The van der Waals surface area contributed by atoms with Crippen LogP contribution in [-0.2, 0) is 0 Å². The van der Waals surface area contributed by atoms with Gasteiger partial charge in [-0.3, -0.25) is 0 Å². The maximum atomic E-state index is 5.90. The first kappa shape index (κ1) is 14.0. The molecule has 0 spiro atoms. The Balaban J connectivity index is 1.62. The average Bonchev–Trinajstić information content (AvgIpc) is 2.80. The molecule has 0 unspecified atom stereocenters. The van der Waals surface area contributed by atoms with E-state index in [9.17, 15) is 0 Å². The molecule has 1 aliphatic heterocycles. The molecule has 0 aromatic heterocycles. The van der Waals surface area contributed by atoms with Crippen LogP contribution in [0.3, 0.4) is 0 Å². The molecule has 0 bridgehead atoms. The minimum atomic E-state index is 0.620. The van der Waals surface area contributed by atoms with Crippen LogP contribution in [0.15, 0.2) is 18.2 Å². The molecule has 100 valence electrons. The largest absolute Gasteiger partial charge is 0.493 e. The Labute approximate surface area is 119 Å². The second-order valence-electron chi connectivity index (χ2n) is 4.81. The van der Waals surface area contributed by atoms with Gasteiger partial charge in [-0.05, 0) is 62.9 Å². The van der Waals surface area contributed by atoms with E-state index in [0.717, 1.165) is 24.7 Å². The number of nitrogens with one attached hydrogen (secondary N) is 1. The van der Waals surface area contributed by atoms with Crippen LogP contribution in [-0.4, -0.2) is 19.7 Å². The Morgan fingerprint density at radius 2 is 1.94 bits per heavy atom. The second-order valence-corrected chi connectivity index (χ2v) is 5.68. The highest BCUT2D eigenvalue weighted by Gasteiger charge is 2.13. The van der Waals surface area contributed by atoms with Gasteiger partial charge in [0.1, 0.15) is 5.75 Å². The summed E-state index contributed by atoms with van der Waals surface area (Å²) in [6.07, 6.45) is 4.93. The van der Waals surface area contributed by atoms with E-state index in [-0.39, 0.29) is 0 Å². The van der Waals surface area contributed by atoms with Crippen molar-refractivity contribution in [2.45, 2.75) is 25.7 Å². The highest BCUT2D eigenvalue weighted by molar-refractivity contribution is 6.34. The van der Waals surface area contributed by atoms with Gasteiger partial charge in [0.2, 0.25) is 0 Å². The van der Waals surface area contributed by atoms with Crippen molar-refractivity contribution in [3.8, 4) is 5.75 Å². The molecule has 1 fully saturated rings. The van der Waals surface area contributed by atoms with E-state index in [4.69, 9.17) is 27.9 Å². The minimum Gasteiger partial charge on any atom is -0.493 e. The van der Waals surface area contributed by atoms with E-state index in [0.29, 0.717) is 10.0 Å². The number of halogens is 2. The number of ether oxygens (including phenoxy) is 1. The van der Waals surface area contributed by atoms with E-state index in [1.807, 2.05) is 0 Å². The predicted molar refractivity (Wildman–Crippen MR) is 76.8 cm³/mol. The fraction of sp³-hybridized carbons (Fsp3) is 0.571. The van der Waals surface area contributed by atoms with Crippen molar-refractivity contribution in [3.63, 3.8) is 0 Å². The Morgan fingerprint density at radius 1 is 1.17 bits per heavy atom. The highest BCUT2D eigenvalue weighted by Crippen LogP contribution is 2.24. The molecule has 2 nitrogen and oxygen atoms in total. The average molecular weight is 288 g/mol. The van der Waals surface area contributed by atoms with Crippen molar-refractivity contribution >= 4 is 23.2 Å². The van der Waals surface area contributed by atoms with Crippen LogP contribution < -0.4 is 10.1 Å². The molecule has 1 heterocycles. The van der Waals surface area contributed by atoms with Gasteiger partial charge in [-0.2, -0.15) is 0 Å². The molecule has 1 atom stereocenters. The lowest BCUT2D eigenvalue weighted by atomic mass is 10.0. The third-order valence-electron chi connectivity index (χ3n) is 3.27. The van der Waals surface area contributed by atoms with Crippen LogP contribution in [0.4, 0.5) is 0 Å². The van der Waals surface area contributed by atoms with Gasteiger partial charge in [0.25, 0.3) is 0 Å². The van der Waals surface area contributed by atoms with Crippen molar-refractivity contribution in [1.29, 1.82) is 0 Å². The Hall–Kier alpha value is -0.440. The van der Waals surface area contributed by atoms with E-state index in [1.165, 1.54) is 32.4 Å². The van der Waals surface area contributed by atoms with Crippen LogP contribution in [0.1, 0.15) is 25.7 Å². The number of hydrogen-bond donors (Lipinski definition) is 1. The predicted octanol–water partition coefficient (Wildman–Crippen LogP) is 4.15. The van der Waals surface area contributed by atoms with Crippen LogP contribution >= 0.6 is 23.2 Å². The van der Waals surface area contributed by atoms with E-state index < -0.39 is 0 Å². The summed E-state index contributed by atoms with van der Waals surface area (Å²) >= 11 is 11.8. The highest BCUT2D eigenvalue weighted by atomic mass is 35.5. The van der Waals surface area contributed by atoms with Gasteiger partial charge in [-0.25, -0.2) is 0 Å². The topological polar surface area (TPSA) is 21.3 Å². The summed E-state index contributed by atoms with van der Waals surface area (Å²) in [5.41, 5.74) is 0. The maximum absolute atomic E-state index is 5.90. The van der Waals surface area contributed by atoms with Crippen LogP contribution in [0.2, 0.25) is 10.0 Å². The summed E-state index contributed by atoms with van der Waals surface area (Å²) in [6.45, 7) is 3.10. The molecule has 4 heteroatoms.